The molecule has 12 heteroatoms. The molecule has 0 aliphatic carbocycles. The van der Waals surface area contributed by atoms with Crippen LogP contribution < -0.4 is 5.32 Å². The summed E-state index contributed by atoms with van der Waals surface area (Å²) in [6, 6.07) is 7.95. The highest BCUT2D eigenvalue weighted by atomic mass is 19.4. The maximum atomic E-state index is 13.5. The number of allylic oxidation sites excluding steroid dienone is 1. The minimum atomic E-state index is -4.83. The van der Waals surface area contributed by atoms with Crippen LogP contribution in [-0.2, 0) is 17.3 Å². The maximum Gasteiger partial charge on any atom is 0.435 e. The molecule has 1 atom stereocenters. The van der Waals surface area contributed by atoms with Gasteiger partial charge in [0.25, 0.3) is 5.91 Å². The number of halogens is 3. The minimum absolute atomic E-state index is 0.150. The third kappa shape index (κ3) is 6.51. The van der Waals surface area contributed by atoms with E-state index >= 15 is 0 Å². The number of hydrogen-bond acceptors (Lipinski definition) is 6. The molecule has 0 aromatic carbocycles. The van der Waals surface area contributed by atoms with Crippen LogP contribution in [0.2, 0.25) is 0 Å². The number of carbonyl (C=O) groups excluding carboxylic acids is 2. The van der Waals surface area contributed by atoms with Gasteiger partial charge >= 0.3 is 12.3 Å². The van der Waals surface area contributed by atoms with Gasteiger partial charge in [-0.05, 0) is 43.5 Å². The van der Waals surface area contributed by atoms with Crippen molar-refractivity contribution in [2.24, 2.45) is 5.92 Å². The summed E-state index contributed by atoms with van der Waals surface area (Å²) in [7, 11) is 0. The van der Waals surface area contributed by atoms with Crippen molar-refractivity contribution in [3.8, 4) is 5.82 Å². The normalized spacial score (nSPS) is 15.8. The van der Waals surface area contributed by atoms with Crippen molar-refractivity contribution >= 4 is 17.7 Å². The van der Waals surface area contributed by atoms with Gasteiger partial charge in [-0.3, -0.25) is 9.78 Å². The Kier molecular flexibility index (Phi) is 7.85. The lowest BCUT2D eigenvalue weighted by molar-refractivity contribution is -0.141. The van der Waals surface area contributed by atoms with E-state index in [2.05, 4.69) is 20.4 Å². The van der Waals surface area contributed by atoms with E-state index in [0.717, 1.165) is 17.3 Å². The number of nitrogens with zero attached hydrogens (tertiary/aromatic N) is 5. The molecular formula is C25H25F3N6O3. The maximum absolute atomic E-state index is 13.5. The zero-order valence-corrected chi connectivity index (χ0v) is 20.0. The Labute approximate surface area is 211 Å². The summed E-state index contributed by atoms with van der Waals surface area (Å²) in [6.07, 6.45) is 4.05. The third-order valence-electron chi connectivity index (χ3n) is 5.68. The first kappa shape index (κ1) is 25.9. The van der Waals surface area contributed by atoms with Crippen LogP contribution in [-0.4, -0.2) is 56.3 Å². The number of anilines is 1. The largest absolute Gasteiger partial charge is 0.450 e. The number of carbonyl (C=O) groups is 2. The standard InChI is InChI=1S/C25H25F3N6O3/c1-2-37-24(36)33-13-11-17(15-33)6-5-7-18-9-10-19(14-30-18)31-23(35)20-16-34(21-8-3-4-12-29-21)32-22(20)25(26,27)28/h3-6,8-10,12,14,16-17H,2,7,11,13,15H2,1H3,(H,31,35)/b6-5+. The van der Waals surface area contributed by atoms with E-state index in [9.17, 15) is 22.8 Å². The van der Waals surface area contributed by atoms with Gasteiger partial charge in [0.1, 0.15) is 0 Å². The van der Waals surface area contributed by atoms with Crippen molar-refractivity contribution in [2.45, 2.75) is 25.9 Å². The Balaban J connectivity index is 1.37. The fourth-order valence-corrected chi connectivity index (χ4v) is 3.88. The Hall–Kier alpha value is -4.22. The molecule has 0 radical (unpaired) electrons. The number of pyridine rings is 2. The van der Waals surface area contributed by atoms with Crippen LogP contribution in [0.4, 0.5) is 23.7 Å². The van der Waals surface area contributed by atoms with Crippen molar-refractivity contribution in [1.29, 1.82) is 0 Å². The highest BCUT2D eigenvalue weighted by Crippen LogP contribution is 2.31. The van der Waals surface area contributed by atoms with Gasteiger partial charge in [0.05, 0.1) is 24.1 Å². The van der Waals surface area contributed by atoms with E-state index in [1.165, 1.54) is 18.5 Å². The SMILES string of the molecule is CCOC(=O)N1CCC(/C=C/Cc2ccc(NC(=O)c3cn(-c4ccccn4)nc3C(F)(F)F)cn2)C1. The van der Waals surface area contributed by atoms with Gasteiger partial charge in [0.2, 0.25) is 0 Å². The molecular weight excluding hydrogens is 489 g/mol. The van der Waals surface area contributed by atoms with E-state index in [0.29, 0.717) is 31.8 Å². The van der Waals surface area contributed by atoms with Crippen LogP contribution in [0.5, 0.6) is 0 Å². The van der Waals surface area contributed by atoms with Crippen LogP contribution in [0.15, 0.2) is 61.1 Å². The van der Waals surface area contributed by atoms with Crippen molar-refractivity contribution in [3.05, 3.63) is 78.0 Å². The first-order valence-electron chi connectivity index (χ1n) is 11.7. The molecule has 4 rings (SSSR count). The number of rotatable bonds is 7. The summed E-state index contributed by atoms with van der Waals surface area (Å²) < 4.78 is 46.5. The van der Waals surface area contributed by atoms with Crippen molar-refractivity contribution in [2.75, 3.05) is 25.0 Å². The zero-order chi connectivity index (χ0) is 26.4. The molecule has 1 N–H and O–H groups in total. The molecule has 0 saturated carbocycles. The molecule has 1 aliphatic heterocycles. The lowest BCUT2D eigenvalue weighted by atomic mass is 10.1. The molecule has 1 aliphatic rings. The number of nitrogens with one attached hydrogen (secondary N) is 1. The van der Waals surface area contributed by atoms with Gasteiger partial charge in [0, 0.05) is 37.6 Å². The molecule has 37 heavy (non-hydrogen) atoms. The molecule has 0 bridgehead atoms. The van der Waals surface area contributed by atoms with Gasteiger partial charge in [-0.1, -0.05) is 18.2 Å². The average molecular weight is 515 g/mol. The van der Waals surface area contributed by atoms with E-state index in [1.807, 2.05) is 12.2 Å². The van der Waals surface area contributed by atoms with Gasteiger partial charge in [-0.15, -0.1) is 0 Å². The van der Waals surface area contributed by atoms with E-state index in [-0.39, 0.29) is 23.5 Å². The molecule has 4 heterocycles. The van der Waals surface area contributed by atoms with Gasteiger partial charge < -0.3 is 15.0 Å². The first-order chi connectivity index (χ1) is 17.7. The monoisotopic (exact) mass is 514 g/mol. The molecule has 1 unspecified atom stereocenters. The molecule has 9 nitrogen and oxygen atoms in total. The number of likely N-dealkylation sites (tertiary alicyclic amines) is 1. The molecule has 0 spiro atoms. The second kappa shape index (κ2) is 11.2. The summed E-state index contributed by atoms with van der Waals surface area (Å²) in [5.41, 5.74) is -0.969. The average Bonchev–Trinajstić information content (AvgIpc) is 3.54. The number of amides is 2. The smallest absolute Gasteiger partial charge is 0.435 e. The second-order valence-electron chi connectivity index (χ2n) is 8.34. The lowest BCUT2D eigenvalue weighted by Gasteiger charge is -2.14. The Morgan fingerprint density at radius 2 is 2.05 bits per heavy atom. The predicted octanol–water partition coefficient (Wildman–Crippen LogP) is 4.51. The summed E-state index contributed by atoms with van der Waals surface area (Å²) in [5, 5.41) is 5.98. The van der Waals surface area contributed by atoms with Crippen LogP contribution >= 0.6 is 0 Å². The lowest BCUT2D eigenvalue weighted by Crippen LogP contribution is -2.29. The summed E-state index contributed by atoms with van der Waals surface area (Å²) >= 11 is 0. The molecule has 194 valence electrons. The van der Waals surface area contributed by atoms with E-state index in [1.54, 1.807) is 36.1 Å². The molecule has 1 fully saturated rings. The Morgan fingerprint density at radius 3 is 2.73 bits per heavy atom. The molecule has 3 aromatic rings. The minimum Gasteiger partial charge on any atom is -0.450 e. The van der Waals surface area contributed by atoms with Crippen molar-refractivity contribution in [1.82, 2.24) is 24.6 Å². The fraction of sp³-hybridized carbons (Fsp3) is 0.320. The fourth-order valence-electron chi connectivity index (χ4n) is 3.88. The van der Waals surface area contributed by atoms with Gasteiger partial charge in [-0.25, -0.2) is 14.5 Å². The van der Waals surface area contributed by atoms with Crippen LogP contribution in [0, 0.1) is 5.92 Å². The first-order valence-corrected chi connectivity index (χ1v) is 11.7. The van der Waals surface area contributed by atoms with Crippen LogP contribution in [0.25, 0.3) is 5.82 Å². The van der Waals surface area contributed by atoms with Gasteiger partial charge in [0.15, 0.2) is 11.5 Å². The molecule has 1 saturated heterocycles. The molecule has 3 aromatic heterocycles. The summed E-state index contributed by atoms with van der Waals surface area (Å²) in [6.45, 7) is 3.37. The zero-order valence-electron chi connectivity index (χ0n) is 20.0. The van der Waals surface area contributed by atoms with Crippen molar-refractivity contribution in [3.63, 3.8) is 0 Å². The topological polar surface area (TPSA) is 102 Å². The highest BCUT2D eigenvalue weighted by Gasteiger charge is 2.39. The van der Waals surface area contributed by atoms with Crippen LogP contribution in [0.3, 0.4) is 0 Å². The van der Waals surface area contributed by atoms with Gasteiger partial charge in [-0.2, -0.15) is 18.3 Å². The summed E-state index contributed by atoms with van der Waals surface area (Å²) in [4.78, 5) is 34.4. The number of aromatic nitrogens is 4. The summed E-state index contributed by atoms with van der Waals surface area (Å²) in [5.74, 6) is -0.577. The number of ether oxygens (including phenoxy) is 1. The second-order valence-corrected chi connectivity index (χ2v) is 8.34. The Bertz CT molecular complexity index is 1260. The Morgan fingerprint density at radius 1 is 1.22 bits per heavy atom. The highest BCUT2D eigenvalue weighted by molar-refractivity contribution is 6.05. The van der Waals surface area contributed by atoms with Crippen molar-refractivity contribution < 1.29 is 27.5 Å². The van der Waals surface area contributed by atoms with E-state index in [4.69, 9.17) is 4.74 Å². The number of alkyl halides is 3. The van der Waals surface area contributed by atoms with E-state index < -0.39 is 23.3 Å². The van der Waals surface area contributed by atoms with Crippen LogP contribution in [0.1, 0.15) is 35.1 Å². The molecule has 2 amide bonds. The number of hydrogen-bond donors (Lipinski definition) is 1. The third-order valence-corrected chi connectivity index (χ3v) is 5.68. The quantitative estimate of drug-likeness (QED) is 0.466. The predicted molar refractivity (Wildman–Crippen MR) is 128 cm³/mol.